The summed E-state index contributed by atoms with van der Waals surface area (Å²) >= 11 is 11.7. The normalized spacial score (nSPS) is 11.7. The number of sulfone groups is 1. The maximum Gasteiger partial charge on any atom is 0.182 e. The number of halogens is 2. The predicted molar refractivity (Wildman–Crippen MR) is 67.1 cm³/mol. The average Bonchev–Trinajstić information content (AvgIpc) is 2.17. The highest BCUT2D eigenvalue weighted by Crippen LogP contribution is 2.29. The average molecular weight is 282 g/mol. The quantitative estimate of drug-likeness (QED) is 0.843. The molecule has 0 radical (unpaired) electrons. The topological polar surface area (TPSA) is 46.2 Å². The number of nitrogens with one attached hydrogen (secondary N) is 1. The van der Waals surface area contributed by atoms with E-state index in [9.17, 15) is 8.42 Å². The largest absolute Gasteiger partial charge is 0.316 e. The number of hydrogen-bond donors (Lipinski definition) is 1. The molecule has 1 N–H and O–H groups in total. The van der Waals surface area contributed by atoms with Gasteiger partial charge in [0.1, 0.15) is 4.90 Å². The Hall–Kier alpha value is -0.290. The van der Waals surface area contributed by atoms with Crippen molar-refractivity contribution in [3.8, 4) is 0 Å². The first-order valence-corrected chi connectivity index (χ1v) is 7.27. The minimum absolute atomic E-state index is 0.00963. The monoisotopic (exact) mass is 281 g/mol. The van der Waals surface area contributed by atoms with Crippen LogP contribution in [0.25, 0.3) is 0 Å². The van der Waals surface area contributed by atoms with Crippen LogP contribution in [0.3, 0.4) is 0 Å². The maximum absolute atomic E-state index is 11.9. The van der Waals surface area contributed by atoms with Gasteiger partial charge in [-0.25, -0.2) is 8.42 Å². The summed E-state index contributed by atoms with van der Waals surface area (Å²) < 4.78 is 23.9. The molecule has 3 nitrogen and oxygen atoms in total. The van der Waals surface area contributed by atoms with Gasteiger partial charge in [0.25, 0.3) is 0 Å². The van der Waals surface area contributed by atoms with Crippen LogP contribution in [-0.2, 0) is 9.84 Å². The lowest BCUT2D eigenvalue weighted by atomic mass is 10.4. The van der Waals surface area contributed by atoms with Crippen molar-refractivity contribution < 1.29 is 8.42 Å². The van der Waals surface area contributed by atoms with E-state index in [1.54, 1.807) is 6.07 Å². The number of rotatable bonds is 5. The minimum Gasteiger partial charge on any atom is -0.316 e. The second-order valence-corrected chi connectivity index (χ2v) is 6.08. The molecule has 0 fully saturated rings. The van der Waals surface area contributed by atoms with Gasteiger partial charge in [0.15, 0.2) is 9.84 Å². The van der Waals surface area contributed by atoms with Gasteiger partial charge in [-0.2, -0.15) is 0 Å². The smallest absolute Gasteiger partial charge is 0.182 e. The van der Waals surface area contributed by atoms with Gasteiger partial charge in [0.05, 0.1) is 15.8 Å². The third kappa shape index (κ3) is 3.35. The molecule has 0 bridgehead atoms. The van der Waals surface area contributed by atoms with E-state index in [1.165, 1.54) is 12.1 Å². The highest BCUT2D eigenvalue weighted by Gasteiger charge is 2.20. The van der Waals surface area contributed by atoms with Crippen LogP contribution in [0.1, 0.15) is 6.92 Å². The first-order valence-electron chi connectivity index (χ1n) is 4.86. The lowest BCUT2D eigenvalue weighted by Gasteiger charge is -2.08. The first-order chi connectivity index (χ1) is 7.49. The molecule has 0 saturated heterocycles. The Balaban J connectivity index is 2.98. The molecule has 0 aromatic heterocycles. The van der Waals surface area contributed by atoms with Crippen molar-refractivity contribution in [3.05, 3.63) is 28.2 Å². The van der Waals surface area contributed by atoms with E-state index in [0.29, 0.717) is 6.54 Å². The molecule has 0 aliphatic carbocycles. The van der Waals surface area contributed by atoms with E-state index in [-0.39, 0.29) is 20.7 Å². The van der Waals surface area contributed by atoms with Crippen LogP contribution in [0.2, 0.25) is 10.0 Å². The van der Waals surface area contributed by atoms with Gasteiger partial charge < -0.3 is 5.32 Å². The highest BCUT2D eigenvalue weighted by molar-refractivity contribution is 7.91. The molecule has 0 aliphatic rings. The number of benzene rings is 1. The predicted octanol–water partition coefficient (Wildman–Crippen LogP) is 2.38. The van der Waals surface area contributed by atoms with Crippen LogP contribution in [0.4, 0.5) is 0 Å². The van der Waals surface area contributed by atoms with Gasteiger partial charge in [0, 0.05) is 6.54 Å². The molecule has 1 rings (SSSR count). The molecule has 16 heavy (non-hydrogen) atoms. The van der Waals surface area contributed by atoms with Crippen molar-refractivity contribution in [2.45, 2.75) is 11.8 Å². The summed E-state index contributed by atoms with van der Waals surface area (Å²) in [5.41, 5.74) is 0. The fraction of sp³-hybridized carbons (Fsp3) is 0.400. The van der Waals surface area contributed by atoms with E-state index in [0.717, 1.165) is 6.54 Å². The van der Waals surface area contributed by atoms with Crippen molar-refractivity contribution in [2.24, 2.45) is 0 Å². The molecular weight excluding hydrogens is 269 g/mol. The summed E-state index contributed by atoms with van der Waals surface area (Å²) in [7, 11) is -3.42. The fourth-order valence-corrected chi connectivity index (χ4v) is 3.72. The highest BCUT2D eigenvalue weighted by atomic mass is 35.5. The molecular formula is C10H13Cl2NO2S. The zero-order valence-corrected chi connectivity index (χ0v) is 11.2. The van der Waals surface area contributed by atoms with Crippen LogP contribution in [0, 0.1) is 0 Å². The van der Waals surface area contributed by atoms with Gasteiger partial charge in [-0.05, 0) is 18.7 Å². The molecule has 1 aromatic carbocycles. The summed E-state index contributed by atoms with van der Waals surface area (Å²) in [6, 6.07) is 4.66. The fourth-order valence-electron chi connectivity index (χ4n) is 1.27. The molecule has 0 aliphatic heterocycles. The Morgan fingerprint density at radius 1 is 1.25 bits per heavy atom. The van der Waals surface area contributed by atoms with Crippen molar-refractivity contribution in [1.29, 1.82) is 0 Å². The zero-order chi connectivity index (χ0) is 12.2. The van der Waals surface area contributed by atoms with E-state index in [2.05, 4.69) is 5.32 Å². The van der Waals surface area contributed by atoms with Gasteiger partial charge in [0.2, 0.25) is 0 Å². The van der Waals surface area contributed by atoms with E-state index >= 15 is 0 Å². The van der Waals surface area contributed by atoms with Gasteiger partial charge in [-0.15, -0.1) is 0 Å². The molecule has 0 spiro atoms. The Kier molecular flexibility index (Phi) is 5.05. The second kappa shape index (κ2) is 5.87. The van der Waals surface area contributed by atoms with Crippen LogP contribution < -0.4 is 5.32 Å². The molecule has 90 valence electrons. The van der Waals surface area contributed by atoms with Crippen molar-refractivity contribution in [3.63, 3.8) is 0 Å². The standard InChI is InChI=1S/C10H13Cl2NO2S/c1-2-13-6-7-16(14,15)10-8(11)4-3-5-9(10)12/h3-5,13H,2,6-7H2,1H3. The molecule has 1 aromatic rings. The zero-order valence-electron chi connectivity index (χ0n) is 8.83. The van der Waals surface area contributed by atoms with E-state index in [4.69, 9.17) is 23.2 Å². The molecule has 0 saturated carbocycles. The van der Waals surface area contributed by atoms with Gasteiger partial charge in [-0.3, -0.25) is 0 Å². The molecule has 0 amide bonds. The summed E-state index contributed by atoms with van der Waals surface area (Å²) in [5, 5.41) is 3.29. The van der Waals surface area contributed by atoms with Crippen molar-refractivity contribution in [1.82, 2.24) is 5.32 Å². The molecule has 0 heterocycles. The Morgan fingerprint density at radius 3 is 2.31 bits per heavy atom. The first kappa shape index (κ1) is 13.8. The summed E-state index contributed by atoms with van der Waals surface area (Å²) in [6.45, 7) is 3.03. The molecule has 0 unspecified atom stereocenters. The maximum atomic E-state index is 11.9. The van der Waals surface area contributed by atoms with Gasteiger partial charge >= 0.3 is 0 Å². The molecule has 0 atom stereocenters. The summed E-state index contributed by atoms with van der Waals surface area (Å²) in [6.07, 6.45) is 0. The Morgan fingerprint density at radius 2 is 1.81 bits per heavy atom. The lowest BCUT2D eigenvalue weighted by molar-refractivity contribution is 0.592. The van der Waals surface area contributed by atoms with Crippen molar-refractivity contribution >= 4 is 33.0 Å². The summed E-state index contributed by atoms with van der Waals surface area (Å²) in [4.78, 5) is 0.0243. The Labute approximate surface area is 106 Å². The summed E-state index contributed by atoms with van der Waals surface area (Å²) in [5.74, 6) is -0.00963. The van der Waals surface area contributed by atoms with Crippen LogP contribution in [0.5, 0.6) is 0 Å². The van der Waals surface area contributed by atoms with E-state index < -0.39 is 9.84 Å². The van der Waals surface area contributed by atoms with Crippen LogP contribution in [-0.4, -0.2) is 27.3 Å². The van der Waals surface area contributed by atoms with Crippen LogP contribution in [0.15, 0.2) is 23.1 Å². The third-order valence-electron chi connectivity index (χ3n) is 2.03. The van der Waals surface area contributed by atoms with E-state index in [1.807, 2.05) is 6.92 Å². The lowest BCUT2D eigenvalue weighted by Crippen LogP contribution is -2.23. The van der Waals surface area contributed by atoms with Gasteiger partial charge in [-0.1, -0.05) is 36.2 Å². The minimum atomic E-state index is -3.42. The van der Waals surface area contributed by atoms with Crippen LogP contribution >= 0.6 is 23.2 Å². The van der Waals surface area contributed by atoms with Crippen molar-refractivity contribution in [2.75, 3.05) is 18.8 Å². The SMILES string of the molecule is CCNCCS(=O)(=O)c1c(Cl)cccc1Cl. The molecule has 6 heteroatoms. The number of hydrogen-bond acceptors (Lipinski definition) is 3. The Bertz CT molecular complexity index is 440. The third-order valence-corrected chi connectivity index (χ3v) is 4.68. The second-order valence-electron chi connectivity index (χ2n) is 3.22.